The predicted octanol–water partition coefficient (Wildman–Crippen LogP) is 4.93. The molecule has 0 aromatic heterocycles. The SMILES string of the molecule is O=C1OCC(Cc2ccccc2)N1C1CCN(C(=S)Nc2ccccc2C(F)(F)F)CC1. The van der Waals surface area contributed by atoms with E-state index in [9.17, 15) is 18.0 Å². The summed E-state index contributed by atoms with van der Waals surface area (Å²) in [6.45, 7) is 1.46. The molecule has 170 valence electrons. The van der Waals surface area contributed by atoms with E-state index in [-0.39, 0.29) is 29.0 Å². The Kier molecular flexibility index (Phi) is 6.55. The third-order valence-corrected chi connectivity index (χ3v) is 6.30. The van der Waals surface area contributed by atoms with Gasteiger partial charge in [-0.1, -0.05) is 42.5 Å². The smallest absolute Gasteiger partial charge is 0.418 e. The molecular weight excluding hydrogens is 439 g/mol. The Morgan fingerprint density at radius 3 is 2.41 bits per heavy atom. The van der Waals surface area contributed by atoms with Gasteiger partial charge < -0.3 is 15.0 Å². The Bertz CT molecular complexity index is 962. The van der Waals surface area contributed by atoms with Gasteiger partial charge in [0.05, 0.1) is 17.3 Å². The highest BCUT2D eigenvalue weighted by Gasteiger charge is 2.40. The highest BCUT2D eigenvalue weighted by atomic mass is 32.1. The van der Waals surface area contributed by atoms with Gasteiger partial charge in [0.2, 0.25) is 0 Å². The van der Waals surface area contributed by atoms with Gasteiger partial charge in [-0.3, -0.25) is 4.90 Å². The number of nitrogens with zero attached hydrogens (tertiary/aromatic N) is 2. The molecule has 2 saturated heterocycles. The van der Waals surface area contributed by atoms with Crippen LogP contribution in [0, 0.1) is 0 Å². The average Bonchev–Trinajstić information content (AvgIpc) is 3.14. The fourth-order valence-electron chi connectivity index (χ4n) is 4.34. The zero-order valence-corrected chi connectivity index (χ0v) is 18.2. The number of ether oxygens (including phenoxy) is 1. The summed E-state index contributed by atoms with van der Waals surface area (Å²) < 4.78 is 45.1. The largest absolute Gasteiger partial charge is 0.447 e. The van der Waals surface area contributed by atoms with E-state index in [1.54, 1.807) is 0 Å². The van der Waals surface area contributed by atoms with Gasteiger partial charge in [0, 0.05) is 19.1 Å². The number of para-hydroxylation sites is 1. The van der Waals surface area contributed by atoms with Gasteiger partial charge in [-0.15, -0.1) is 0 Å². The predicted molar refractivity (Wildman–Crippen MR) is 119 cm³/mol. The molecule has 2 aliphatic heterocycles. The third kappa shape index (κ3) is 4.98. The lowest BCUT2D eigenvalue weighted by molar-refractivity contribution is -0.136. The number of thiocarbonyl (C=S) groups is 1. The van der Waals surface area contributed by atoms with Crippen LogP contribution in [0.3, 0.4) is 0 Å². The van der Waals surface area contributed by atoms with Crippen molar-refractivity contribution >= 4 is 29.1 Å². The number of cyclic esters (lactones) is 1. The molecule has 1 amide bonds. The van der Waals surface area contributed by atoms with E-state index in [1.807, 2.05) is 40.1 Å². The summed E-state index contributed by atoms with van der Waals surface area (Å²) in [5.41, 5.74) is 0.339. The van der Waals surface area contributed by atoms with E-state index < -0.39 is 11.7 Å². The number of piperidine rings is 1. The quantitative estimate of drug-likeness (QED) is 0.652. The fraction of sp³-hybridized carbons (Fsp3) is 0.391. The van der Waals surface area contributed by atoms with Gasteiger partial charge >= 0.3 is 12.3 Å². The Labute approximate surface area is 190 Å². The number of likely N-dealkylation sites (tertiary alicyclic amines) is 1. The lowest BCUT2D eigenvalue weighted by Gasteiger charge is -2.39. The number of benzene rings is 2. The van der Waals surface area contributed by atoms with Crippen molar-refractivity contribution < 1.29 is 22.7 Å². The second-order valence-electron chi connectivity index (χ2n) is 8.02. The summed E-state index contributed by atoms with van der Waals surface area (Å²) in [5, 5.41) is 3.01. The molecule has 9 heteroatoms. The summed E-state index contributed by atoms with van der Waals surface area (Å²) in [4.78, 5) is 16.1. The number of amides is 1. The minimum absolute atomic E-state index is 0.0141. The zero-order valence-electron chi connectivity index (χ0n) is 17.3. The normalized spacial score (nSPS) is 19.7. The summed E-state index contributed by atoms with van der Waals surface area (Å²) in [6, 6.07) is 15.3. The van der Waals surface area contributed by atoms with Crippen molar-refractivity contribution in [3.63, 3.8) is 0 Å². The summed E-state index contributed by atoms with van der Waals surface area (Å²) in [6.07, 6.45) is -2.70. The topological polar surface area (TPSA) is 44.8 Å². The molecule has 0 bridgehead atoms. The average molecular weight is 464 g/mol. The Morgan fingerprint density at radius 2 is 1.72 bits per heavy atom. The molecule has 0 spiro atoms. The van der Waals surface area contributed by atoms with Crippen LogP contribution in [0.15, 0.2) is 54.6 Å². The molecule has 2 aromatic rings. The molecule has 0 saturated carbocycles. The lowest BCUT2D eigenvalue weighted by atomic mass is 9.99. The minimum Gasteiger partial charge on any atom is -0.447 e. The molecule has 1 atom stereocenters. The Balaban J connectivity index is 1.36. The molecule has 32 heavy (non-hydrogen) atoms. The highest BCUT2D eigenvalue weighted by Crippen LogP contribution is 2.35. The molecule has 2 heterocycles. The number of rotatable bonds is 4. The van der Waals surface area contributed by atoms with Crippen LogP contribution in [0.1, 0.15) is 24.0 Å². The van der Waals surface area contributed by atoms with E-state index in [0.717, 1.165) is 18.1 Å². The molecule has 0 radical (unpaired) electrons. The maximum Gasteiger partial charge on any atom is 0.418 e. The first-order valence-electron chi connectivity index (χ1n) is 10.5. The molecule has 0 aliphatic carbocycles. The third-order valence-electron chi connectivity index (χ3n) is 5.94. The maximum absolute atomic E-state index is 13.2. The van der Waals surface area contributed by atoms with E-state index in [1.165, 1.54) is 18.2 Å². The van der Waals surface area contributed by atoms with Crippen LogP contribution in [-0.4, -0.2) is 52.8 Å². The van der Waals surface area contributed by atoms with Gasteiger partial charge in [0.1, 0.15) is 6.61 Å². The van der Waals surface area contributed by atoms with E-state index >= 15 is 0 Å². The van der Waals surface area contributed by atoms with Crippen molar-refractivity contribution in [2.75, 3.05) is 25.0 Å². The second kappa shape index (κ2) is 9.36. The van der Waals surface area contributed by atoms with E-state index in [2.05, 4.69) is 5.32 Å². The number of hydrogen-bond acceptors (Lipinski definition) is 3. The first-order chi connectivity index (χ1) is 15.3. The van der Waals surface area contributed by atoms with Gasteiger partial charge in [0.25, 0.3) is 0 Å². The molecule has 2 fully saturated rings. The van der Waals surface area contributed by atoms with Crippen molar-refractivity contribution in [2.24, 2.45) is 0 Å². The highest BCUT2D eigenvalue weighted by molar-refractivity contribution is 7.80. The monoisotopic (exact) mass is 463 g/mol. The van der Waals surface area contributed by atoms with Crippen LogP contribution in [0.2, 0.25) is 0 Å². The summed E-state index contributed by atoms with van der Waals surface area (Å²) in [5.74, 6) is 0. The number of hydrogen-bond donors (Lipinski definition) is 1. The lowest BCUT2D eigenvalue weighted by Crippen LogP contribution is -2.51. The van der Waals surface area contributed by atoms with E-state index in [0.29, 0.717) is 32.5 Å². The number of anilines is 1. The van der Waals surface area contributed by atoms with Crippen LogP contribution in [0.25, 0.3) is 0 Å². The van der Waals surface area contributed by atoms with Crippen molar-refractivity contribution in [3.05, 3.63) is 65.7 Å². The fourth-order valence-corrected chi connectivity index (χ4v) is 4.64. The Hall–Kier alpha value is -2.81. The number of nitrogens with one attached hydrogen (secondary N) is 1. The molecule has 2 aliphatic rings. The first-order valence-corrected chi connectivity index (χ1v) is 10.9. The molecule has 1 unspecified atom stereocenters. The molecule has 5 nitrogen and oxygen atoms in total. The minimum atomic E-state index is -4.46. The number of halogens is 3. The standard InChI is InChI=1S/C23H24F3N3O2S/c24-23(25,26)19-8-4-5-9-20(19)27-21(32)28-12-10-17(11-13-28)29-18(15-31-22(29)30)14-16-6-2-1-3-7-16/h1-9,17-18H,10-15H2,(H,27,32). The van der Waals surface area contributed by atoms with Crippen LogP contribution < -0.4 is 5.32 Å². The summed E-state index contributed by atoms with van der Waals surface area (Å²) in [7, 11) is 0. The Morgan fingerprint density at radius 1 is 1.06 bits per heavy atom. The molecule has 2 aromatic carbocycles. The molecule has 1 N–H and O–H groups in total. The van der Waals surface area contributed by atoms with Gasteiger partial charge in [-0.05, 0) is 49.2 Å². The van der Waals surface area contributed by atoms with Gasteiger partial charge in [-0.25, -0.2) is 4.79 Å². The summed E-state index contributed by atoms with van der Waals surface area (Å²) >= 11 is 5.39. The van der Waals surface area contributed by atoms with Crippen molar-refractivity contribution in [2.45, 2.75) is 37.5 Å². The number of carbonyl (C=O) groups is 1. The maximum atomic E-state index is 13.2. The van der Waals surface area contributed by atoms with Crippen LogP contribution in [-0.2, 0) is 17.3 Å². The first kappa shape index (κ1) is 22.4. The number of alkyl halides is 3. The number of carbonyl (C=O) groups excluding carboxylic acids is 1. The van der Waals surface area contributed by atoms with Crippen molar-refractivity contribution in [3.8, 4) is 0 Å². The zero-order chi connectivity index (χ0) is 22.7. The van der Waals surface area contributed by atoms with E-state index in [4.69, 9.17) is 17.0 Å². The van der Waals surface area contributed by atoms with Crippen LogP contribution in [0.5, 0.6) is 0 Å². The molecular formula is C23H24F3N3O2S. The second-order valence-corrected chi connectivity index (χ2v) is 8.41. The van der Waals surface area contributed by atoms with Gasteiger partial charge in [0.15, 0.2) is 5.11 Å². The molecule has 4 rings (SSSR count). The van der Waals surface area contributed by atoms with Crippen LogP contribution >= 0.6 is 12.2 Å². The van der Waals surface area contributed by atoms with Crippen molar-refractivity contribution in [1.29, 1.82) is 0 Å². The van der Waals surface area contributed by atoms with Crippen LogP contribution in [0.4, 0.5) is 23.7 Å². The van der Waals surface area contributed by atoms with Crippen molar-refractivity contribution in [1.82, 2.24) is 9.80 Å². The van der Waals surface area contributed by atoms with Gasteiger partial charge in [-0.2, -0.15) is 13.2 Å².